The van der Waals surface area contributed by atoms with E-state index in [9.17, 15) is 22.8 Å². The van der Waals surface area contributed by atoms with E-state index >= 15 is 0 Å². The van der Waals surface area contributed by atoms with E-state index in [-0.39, 0.29) is 13.2 Å². The Hall–Kier alpha value is -1.27. The lowest BCUT2D eigenvalue weighted by atomic mass is 9.90. The molecule has 4 nitrogen and oxygen atoms in total. The van der Waals surface area contributed by atoms with Gasteiger partial charge in [-0.3, -0.25) is 9.59 Å². The van der Waals surface area contributed by atoms with Gasteiger partial charge in [0.15, 0.2) is 0 Å². The number of carbonyl (C=O) groups is 2. The lowest BCUT2D eigenvalue weighted by Gasteiger charge is -2.24. The minimum absolute atomic E-state index is 0.0687. The number of alkyl halides is 3. The highest BCUT2D eigenvalue weighted by Crippen LogP contribution is 2.34. The molecule has 0 rings (SSSR count). The van der Waals surface area contributed by atoms with Crippen molar-refractivity contribution in [2.45, 2.75) is 71.9 Å². The van der Waals surface area contributed by atoms with Crippen molar-refractivity contribution in [3.8, 4) is 0 Å². The van der Waals surface area contributed by atoms with Crippen molar-refractivity contribution < 1.29 is 32.2 Å². The van der Waals surface area contributed by atoms with E-state index in [0.717, 1.165) is 32.6 Å². The zero-order chi connectivity index (χ0) is 18.6. The van der Waals surface area contributed by atoms with Crippen LogP contribution in [0.25, 0.3) is 0 Å². The summed E-state index contributed by atoms with van der Waals surface area (Å²) in [5.41, 5.74) is 0. The van der Waals surface area contributed by atoms with Crippen LogP contribution in [0.3, 0.4) is 0 Å². The van der Waals surface area contributed by atoms with Crippen LogP contribution in [-0.4, -0.2) is 31.3 Å². The number of ether oxygens (including phenoxy) is 2. The fourth-order valence-electron chi connectivity index (χ4n) is 2.10. The van der Waals surface area contributed by atoms with Crippen molar-refractivity contribution in [1.82, 2.24) is 0 Å². The van der Waals surface area contributed by atoms with Crippen LogP contribution in [0, 0.1) is 11.8 Å². The average molecular weight is 354 g/mol. The molecule has 0 aliphatic carbocycles. The van der Waals surface area contributed by atoms with Gasteiger partial charge in [0.2, 0.25) is 0 Å². The Morgan fingerprint density at radius 1 is 0.917 bits per heavy atom. The first kappa shape index (κ1) is 22.7. The van der Waals surface area contributed by atoms with Crippen LogP contribution in [0.15, 0.2) is 0 Å². The second-order valence-electron chi connectivity index (χ2n) is 5.94. The van der Waals surface area contributed by atoms with Gasteiger partial charge >= 0.3 is 18.1 Å². The third-order valence-corrected chi connectivity index (χ3v) is 3.81. The predicted molar refractivity (Wildman–Crippen MR) is 84.3 cm³/mol. The number of unbranched alkanes of at least 4 members (excludes halogenated alkanes) is 4. The highest BCUT2D eigenvalue weighted by atomic mass is 19.4. The highest BCUT2D eigenvalue weighted by Gasteiger charge is 2.45. The summed E-state index contributed by atoms with van der Waals surface area (Å²) in [6.07, 6.45) is -0.393. The third kappa shape index (κ3) is 9.78. The second-order valence-corrected chi connectivity index (χ2v) is 5.94. The molecule has 0 amide bonds. The first-order valence-electron chi connectivity index (χ1n) is 8.62. The van der Waals surface area contributed by atoms with Crippen LogP contribution in [-0.2, 0) is 19.1 Å². The van der Waals surface area contributed by atoms with Gasteiger partial charge in [0.1, 0.15) is 0 Å². The quantitative estimate of drug-likeness (QED) is 0.378. The lowest BCUT2D eigenvalue weighted by Crippen LogP contribution is -2.36. The minimum Gasteiger partial charge on any atom is -0.466 e. The van der Waals surface area contributed by atoms with Crippen LogP contribution in [0.1, 0.15) is 65.7 Å². The largest absolute Gasteiger partial charge is 0.466 e. The molecule has 0 N–H and O–H groups in total. The molecule has 0 aliphatic heterocycles. The van der Waals surface area contributed by atoms with Crippen molar-refractivity contribution in [3.05, 3.63) is 0 Å². The minimum atomic E-state index is -4.57. The molecule has 0 spiro atoms. The monoisotopic (exact) mass is 354 g/mol. The van der Waals surface area contributed by atoms with Gasteiger partial charge in [-0.15, -0.1) is 0 Å². The SMILES string of the molecule is CCCCCOC(=O)CC(C(=O)OCCCCC)C(C)C(F)(F)F. The molecular formula is C17H29F3O4. The van der Waals surface area contributed by atoms with Gasteiger partial charge < -0.3 is 9.47 Å². The van der Waals surface area contributed by atoms with Gasteiger partial charge in [-0.25, -0.2) is 0 Å². The Kier molecular flexibility index (Phi) is 11.5. The van der Waals surface area contributed by atoms with E-state index in [0.29, 0.717) is 12.8 Å². The molecule has 0 heterocycles. The van der Waals surface area contributed by atoms with Crippen LogP contribution in [0.4, 0.5) is 13.2 Å². The van der Waals surface area contributed by atoms with Crippen molar-refractivity contribution in [2.24, 2.45) is 11.8 Å². The number of carbonyl (C=O) groups excluding carboxylic acids is 2. The Balaban J connectivity index is 4.63. The lowest BCUT2D eigenvalue weighted by molar-refractivity contribution is -0.196. The third-order valence-electron chi connectivity index (χ3n) is 3.81. The first-order chi connectivity index (χ1) is 11.2. The van der Waals surface area contributed by atoms with Crippen molar-refractivity contribution in [2.75, 3.05) is 13.2 Å². The zero-order valence-corrected chi connectivity index (χ0v) is 14.8. The summed E-state index contributed by atoms with van der Waals surface area (Å²) in [4.78, 5) is 23.7. The van der Waals surface area contributed by atoms with E-state index in [1.54, 1.807) is 0 Å². The topological polar surface area (TPSA) is 52.6 Å². The number of hydrogen-bond acceptors (Lipinski definition) is 4. The van der Waals surface area contributed by atoms with E-state index in [1.807, 2.05) is 13.8 Å². The molecule has 2 atom stereocenters. The molecular weight excluding hydrogens is 325 g/mol. The smallest absolute Gasteiger partial charge is 0.392 e. The van der Waals surface area contributed by atoms with Gasteiger partial charge in [0.25, 0.3) is 0 Å². The first-order valence-corrected chi connectivity index (χ1v) is 8.62. The van der Waals surface area contributed by atoms with Gasteiger partial charge in [0, 0.05) is 0 Å². The number of esters is 2. The molecule has 0 aromatic carbocycles. The Morgan fingerprint density at radius 3 is 1.88 bits per heavy atom. The summed E-state index contributed by atoms with van der Waals surface area (Å²) in [7, 11) is 0. The predicted octanol–water partition coefficient (Wildman–Crippen LogP) is 4.66. The summed E-state index contributed by atoms with van der Waals surface area (Å²) < 4.78 is 48.7. The molecule has 0 fully saturated rings. The van der Waals surface area contributed by atoms with Crippen molar-refractivity contribution >= 4 is 11.9 Å². The highest BCUT2D eigenvalue weighted by molar-refractivity contribution is 5.80. The standard InChI is InChI=1S/C17H29F3O4/c1-4-6-8-10-23-15(21)12-14(13(3)17(18,19)20)16(22)24-11-9-7-5-2/h13-14H,4-12H2,1-3H3. The van der Waals surface area contributed by atoms with Crippen LogP contribution < -0.4 is 0 Å². The number of rotatable bonds is 12. The Bertz CT molecular complexity index is 369. The number of hydrogen-bond donors (Lipinski definition) is 0. The molecule has 0 aromatic rings. The second kappa shape index (κ2) is 12.1. The van der Waals surface area contributed by atoms with E-state index < -0.39 is 36.4 Å². The summed E-state index contributed by atoms with van der Waals surface area (Å²) in [6.45, 7) is 5.06. The van der Waals surface area contributed by atoms with Crippen molar-refractivity contribution in [3.63, 3.8) is 0 Å². The number of halogens is 3. The molecule has 0 aliphatic rings. The summed E-state index contributed by atoms with van der Waals surface area (Å²) in [5.74, 6) is -5.30. The fourth-order valence-corrected chi connectivity index (χ4v) is 2.10. The molecule has 0 aromatic heterocycles. The Morgan fingerprint density at radius 2 is 1.42 bits per heavy atom. The maximum Gasteiger partial charge on any atom is 0.392 e. The molecule has 0 saturated heterocycles. The van der Waals surface area contributed by atoms with Crippen LogP contribution >= 0.6 is 0 Å². The normalized spacial score (nSPS) is 14.1. The summed E-state index contributed by atoms with van der Waals surface area (Å²) in [5, 5.41) is 0. The van der Waals surface area contributed by atoms with Gasteiger partial charge in [-0.2, -0.15) is 13.2 Å². The Labute approximate surface area is 142 Å². The summed E-state index contributed by atoms with van der Waals surface area (Å²) in [6, 6.07) is 0. The maximum atomic E-state index is 12.9. The fraction of sp³-hybridized carbons (Fsp3) is 0.882. The molecule has 24 heavy (non-hydrogen) atoms. The van der Waals surface area contributed by atoms with Gasteiger partial charge in [-0.1, -0.05) is 46.5 Å². The maximum absolute atomic E-state index is 12.9. The zero-order valence-electron chi connectivity index (χ0n) is 14.8. The molecule has 2 unspecified atom stereocenters. The van der Waals surface area contributed by atoms with E-state index in [2.05, 4.69) is 0 Å². The summed E-state index contributed by atoms with van der Waals surface area (Å²) >= 11 is 0. The van der Waals surface area contributed by atoms with Crippen molar-refractivity contribution in [1.29, 1.82) is 0 Å². The average Bonchev–Trinajstić information content (AvgIpc) is 2.51. The van der Waals surface area contributed by atoms with E-state index in [1.165, 1.54) is 0 Å². The van der Waals surface area contributed by atoms with E-state index in [4.69, 9.17) is 9.47 Å². The van der Waals surface area contributed by atoms with Gasteiger partial charge in [0.05, 0.1) is 31.5 Å². The van der Waals surface area contributed by atoms with Gasteiger partial charge in [-0.05, 0) is 12.8 Å². The van der Waals surface area contributed by atoms with Crippen LogP contribution in [0.5, 0.6) is 0 Å². The molecule has 0 bridgehead atoms. The molecule has 7 heteroatoms. The molecule has 0 radical (unpaired) electrons. The molecule has 142 valence electrons. The van der Waals surface area contributed by atoms with Crippen LogP contribution in [0.2, 0.25) is 0 Å². The molecule has 0 saturated carbocycles.